The van der Waals surface area contributed by atoms with Crippen molar-refractivity contribution in [3.05, 3.63) is 57.6 Å². The maximum atomic E-state index is 13.6. The van der Waals surface area contributed by atoms with Gasteiger partial charge < -0.3 is 15.5 Å². The molecule has 1 aromatic carbocycles. The third-order valence-corrected chi connectivity index (χ3v) is 8.84. The maximum absolute atomic E-state index is 13.6. The summed E-state index contributed by atoms with van der Waals surface area (Å²) < 4.78 is 28.2. The Morgan fingerprint density at radius 3 is 2.56 bits per heavy atom. The average molecular weight is 553 g/mol. The number of piperidine rings is 1. The van der Waals surface area contributed by atoms with Crippen LogP contribution in [-0.4, -0.2) is 89.2 Å². The molecule has 2 aliphatic rings. The van der Waals surface area contributed by atoms with E-state index in [4.69, 9.17) is 5.73 Å². The van der Waals surface area contributed by atoms with Crippen molar-refractivity contribution in [2.45, 2.75) is 25.4 Å². The van der Waals surface area contributed by atoms with Crippen LogP contribution < -0.4 is 16.3 Å². The van der Waals surface area contributed by atoms with Crippen molar-refractivity contribution in [3.8, 4) is 6.07 Å². The van der Waals surface area contributed by atoms with Crippen LogP contribution in [0.1, 0.15) is 34.5 Å². The summed E-state index contributed by atoms with van der Waals surface area (Å²) in [5.74, 6) is -0.317. The standard InChI is InChI=1S/C26H32N8O4S/c1-30-24-23(34(26(30)36)16-19-7-4-3-6-18(19)15-27)22(32-9-5-8-20(28)17-32)14-21(29-24)25(35)31-10-12-33(13-11-31)39(2,37)38/h3-4,6-7,14,20H,5,8-13,16-17,28H2,1-2H3. The SMILES string of the molecule is Cn1c(=O)n(Cc2ccccc2C#N)c2c(N3CCCC(N)C3)cc(C(=O)N3CCN(S(C)(=O)=O)CC3)nc21. The number of benzene rings is 1. The Kier molecular flexibility index (Phi) is 7.19. The summed E-state index contributed by atoms with van der Waals surface area (Å²) in [7, 11) is -1.71. The van der Waals surface area contributed by atoms with Crippen molar-refractivity contribution < 1.29 is 13.2 Å². The molecule has 4 heterocycles. The highest BCUT2D eigenvalue weighted by atomic mass is 32.2. The number of nitrogens with two attached hydrogens (primary N) is 1. The Morgan fingerprint density at radius 2 is 1.90 bits per heavy atom. The van der Waals surface area contributed by atoms with E-state index in [1.807, 2.05) is 12.1 Å². The van der Waals surface area contributed by atoms with Gasteiger partial charge in [0.15, 0.2) is 5.65 Å². The smallest absolute Gasteiger partial charge is 0.330 e. The zero-order valence-corrected chi connectivity index (χ0v) is 22.9. The zero-order chi connectivity index (χ0) is 27.9. The summed E-state index contributed by atoms with van der Waals surface area (Å²) in [5.41, 5.74) is 9.03. The summed E-state index contributed by atoms with van der Waals surface area (Å²) in [4.78, 5) is 35.5. The first-order valence-corrected chi connectivity index (χ1v) is 14.8. The van der Waals surface area contributed by atoms with Crippen molar-refractivity contribution in [3.63, 3.8) is 0 Å². The lowest BCUT2D eigenvalue weighted by atomic mass is 10.1. The number of hydrogen-bond donors (Lipinski definition) is 1. The van der Waals surface area contributed by atoms with Gasteiger partial charge in [-0.1, -0.05) is 18.2 Å². The van der Waals surface area contributed by atoms with Gasteiger partial charge in [-0.05, 0) is 30.5 Å². The minimum atomic E-state index is -3.33. The molecule has 2 fully saturated rings. The van der Waals surface area contributed by atoms with E-state index < -0.39 is 10.0 Å². The highest BCUT2D eigenvalue weighted by molar-refractivity contribution is 7.88. The number of pyridine rings is 1. The van der Waals surface area contributed by atoms with Gasteiger partial charge in [0.05, 0.1) is 30.1 Å². The number of imidazole rings is 1. The largest absolute Gasteiger partial charge is 0.368 e. The number of amides is 1. The van der Waals surface area contributed by atoms with Crippen molar-refractivity contribution in [1.29, 1.82) is 5.26 Å². The zero-order valence-electron chi connectivity index (χ0n) is 22.1. The van der Waals surface area contributed by atoms with Gasteiger partial charge in [-0.25, -0.2) is 18.2 Å². The van der Waals surface area contributed by atoms with Gasteiger partial charge in [-0.2, -0.15) is 9.57 Å². The molecule has 2 N–H and O–H groups in total. The number of carbonyl (C=O) groups is 1. The monoisotopic (exact) mass is 552 g/mol. The molecule has 1 unspecified atom stereocenters. The molecule has 1 atom stereocenters. The first-order valence-electron chi connectivity index (χ1n) is 12.9. The Labute approximate surface area is 226 Å². The van der Waals surface area contributed by atoms with Crippen LogP contribution in [0.3, 0.4) is 0 Å². The molecule has 0 aliphatic carbocycles. The molecule has 1 amide bonds. The van der Waals surface area contributed by atoms with Crippen LogP contribution in [-0.2, 0) is 23.6 Å². The van der Waals surface area contributed by atoms with E-state index in [-0.39, 0.29) is 56.1 Å². The lowest BCUT2D eigenvalue weighted by molar-refractivity contribution is 0.0692. The molecule has 0 bridgehead atoms. The number of sulfonamides is 1. The summed E-state index contributed by atoms with van der Waals surface area (Å²) in [6.45, 7) is 2.39. The molecule has 206 valence electrons. The number of hydrogen-bond acceptors (Lipinski definition) is 8. The third kappa shape index (κ3) is 5.15. The molecule has 13 heteroatoms. The minimum Gasteiger partial charge on any atom is -0.368 e. The van der Waals surface area contributed by atoms with E-state index in [0.717, 1.165) is 19.1 Å². The second-order valence-corrected chi connectivity index (χ2v) is 12.2. The van der Waals surface area contributed by atoms with Gasteiger partial charge in [0.1, 0.15) is 11.2 Å². The van der Waals surface area contributed by atoms with Gasteiger partial charge in [-0.15, -0.1) is 0 Å². The lowest BCUT2D eigenvalue weighted by Crippen LogP contribution is -2.50. The Balaban J connectivity index is 1.60. The van der Waals surface area contributed by atoms with E-state index in [9.17, 15) is 23.3 Å². The third-order valence-electron chi connectivity index (χ3n) is 7.54. The predicted molar refractivity (Wildman–Crippen MR) is 147 cm³/mol. The molecule has 3 aromatic rings. The molecule has 2 saturated heterocycles. The number of piperazine rings is 1. The summed E-state index contributed by atoms with van der Waals surface area (Å²) >= 11 is 0. The quantitative estimate of drug-likeness (QED) is 0.475. The van der Waals surface area contributed by atoms with Crippen LogP contribution in [0, 0.1) is 11.3 Å². The molecular weight excluding hydrogens is 520 g/mol. The molecule has 0 spiro atoms. The lowest BCUT2D eigenvalue weighted by Gasteiger charge is -2.34. The number of nitriles is 1. The normalized spacial score (nSPS) is 18.9. The van der Waals surface area contributed by atoms with E-state index in [1.165, 1.54) is 8.87 Å². The first kappa shape index (κ1) is 26.9. The summed E-state index contributed by atoms with van der Waals surface area (Å²) in [5, 5.41) is 9.60. The Bertz CT molecular complexity index is 1630. The van der Waals surface area contributed by atoms with Gasteiger partial charge in [0, 0.05) is 52.4 Å². The second kappa shape index (κ2) is 10.4. The summed E-state index contributed by atoms with van der Waals surface area (Å²) in [6, 6.07) is 11.0. The number of anilines is 1. The van der Waals surface area contributed by atoms with Crippen LogP contribution in [0.2, 0.25) is 0 Å². The molecule has 0 saturated carbocycles. The van der Waals surface area contributed by atoms with Crippen LogP contribution in [0.5, 0.6) is 0 Å². The second-order valence-electron chi connectivity index (χ2n) is 10.2. The number of aryl methyl sites for hydroxylation is 1. The van der Waals surface area contributed by atoms with E-state index >= 15 is 0 Å². The Hall–Kier alpha value is -3.73. The van der Waals surface area contributed by atoms with E-state index in [1.54, 1.807) is 34.7 Å². The van der Waals surface area contributed by atoms with Gasteiger partial charge in [-0.3, -0.25) is 13.9 Å². The number of carbonyl (C=O) groups excluding carboxylic acids is 1. The number of aromatic nitrogens is 3. The molecule has 2 aromatic heterocycles. The highest BCUT2D eigenvalue weighted by Gasteiger charge is 2.30. The van der Waals surface area contributed by atoms with Gasteiger partial charge in [0.2, 0.25) is 10.0 Å². The first-order chi connectivity index (χ1) is 18.6. The topological polar surface area (TPSA) is 151 Å². The number of rotatable bonds is 5. The van der Waals surface area contributed by atoms with E-state index in [0.29, 0.717) is 41.1 Å². The molecule has 39 heavy (non-hydrogen) atoms. The minimum absolute atomic E-state index is 0.0478. The van der Waals surface area contributed by atoms with Crippen molar-refractivity contribution in [2.24, 2.45) is 12.8 Å². The molecule has 5 rings (SSSR count). The Morgan fingerprint density at radius 1 is 1.18 bits per heavy atom. The van der Waals surface area contributed by atoms with Crippen molar-refractivity contribution in [1.82, 2.24) is 23.3 Å². The number of fused-ring (bicyclic) bond motifs is 1. The molecule has 0 radical (unpaired) electrons. The summed E-state index contributed by atoms with van der Waals surface area (Å²) in [6.07, 6.45) is 2.92. The van der Waals surface area contributed by atoms with Crippen molar-refractivity contribution >= 4 is 32.8 Å². The molecular formula is C26H32N8O4S. The maximum Gasteiger partial charge on any atom is 0.330 e. The fraction of sp³-hybridized carbons (Fsp3) is 0.462. The fourth-order valence-electron chi connectivity index (χ4n) is 5.42. The van der Waals surface area contributed by atoms with Crippen molar-refractivity contribution in [2.75, 3.05) is 50.4 Å². The van der Waals surface area contributed by atoms with Crippen LogP contribution in [0.4, 0.5) is 5.69 Å². The number of nitrogens with zero attached hydrogens (tertiary/aromatic N) is 7. The highest BCUT2D eigenvalue weighted by Crippen LogP contribution is 2.30. The fourth-order valence-corrected chi connectivity index (χ4v) is 6.25. The molecule has 12 nitrogen and oxygen atoms in total. The molecule has 2 aliphatic heterocycles. The van der Waals surface area contributed by atoms with Crippen LogP contribution in [0.25, 0.3) is 11.2 Å². The van der Waals surface area contributed by atoms with Gasteiger partial charge in [0.25, 0.3) is 5.91 Å². The van der Waals surface area contributed by atoms with Crippen LogP contribution >= 0.6 is 0 Å². The average Bonchev–Trinajstić information content (AvgIpc) is 3.16. The van der Waals surface area contributed by atoms with E-state index in [2.05, 4.69) is 16.0 Å². The van der Waals surface area contributed by atoms with Crippen LogP contribution in [0.15, 0.2) is 35.1 Å². The predicted octanol–water partition coefficient (Wildman–Crippen LogP) is 0.300. The van der Waals surface area contributed by atoms with Gasteiger partial charge >= 0.3 is 5.69 Å².